The SMILES string of the molecule is O=C(O)c1cnccc1C(=O)Nc1ccc(Br)cc1F. The largest absolute Gasteiger partial charge is 0.478 e. The van der Waals surface area contributed by atoms with Crippen LogP contribution in [-0.4, -0.2) is 22.0 Å². The van der Waals surface area contributed by atoms with Gasteiger partial charge in [-0.15, -0.1) is 0 Å². The van der Waals surface area contributed by atoms with E-state index in [2.05, 4.69) is 26.2 Å². The summed E-state index contributed by atoms with van der Waals surface area (Å²) in [6.07, 6.45) is 2.36. The molecule has 0 aliphatic carbocycles. The molecule has 0 fully saturated rings. The van der Waals surface area contributed by atoms with Crippen LogP contribution < -0.4 is 5.32 Å². The second kappa shape index (κ2) is 5.79. The Hall–Kier alpha value is -2.28. The summed E-state index contributed by atoms with van der Waals surface area (Å²) < 4.78 is 14.1. The summed E-state index contributed by atoms with van der Waals surface area (Å²) in [6.45, 7) is 0. The smallest absolute Gasteiger partial charge is 0.338 e. The molecule has 2 N–H and O–H groups in total. The van der Waals surface area contributed by atoms with Gasteiger partial charge < -0.3 is 10.4 Å². The lowest BCUT2D eigenvalue weighted by molar-refractivity contribution is 0.0692. The van der Waals surface area contributed by atoms with Gasteiger partial charge in [-0.1, -0.05) is 15.9 Å². The Morgan fingerprint density at radius 2 is 2.00 bits per heavy atom. The highest BCUT2D eigenvalue weighted by atomic mass is 79.9. The maximum absolute atomic E-state index is 13.6. The van der Waals surface area contributed by atoms with Crippen molar-refractivity contribution in [3.63, 3.8) is 0 Å². The topological polar surface area (TPSA) is 79.3 Å². The number of amides is 1. The number of nitrogens with zero attached hydrogens (tertiary/aromatic N) is 1. The highest BCUT2D eigenvalue weighted by Gasteiger charge is 2.17. The number of carbonyl (C=O) groups is 2. The Labute approximate surface area is 121 Å². The molecule has 0 radical (unpaired) electrons. The fourth-order valence-electron chi connectivity index (χ4n) is 1.54. The van der Waals surface area contributed by atoms with Gasteiger partial charge in [0, 0.05) is 16.9 Å². The van der Waals surface area contributed by atoms with Crippen molar-refractivity contribution in [1.82, 2.24) is 4.98 Å². The Balaban J connectivity index is 2.31. The molecule has 102 valence electrons. The van der Waals surface area contributed by atoms with Crippen molar-refractivity contribution in [2.75, 3.05) is 5.32 Å². The van der Waals surface area contributed by atoms with Gasteiger partial charge in [0.2, 0.25) is 0 Å². The lowest BCUT2D eigenvalue weighted by Crippen LogP contribution is -2.17. The predicted octanol–water partition coefficient (Wildman–Crippen LogP) is 2.93. The molecule has 1 amide bonds. The van der Waals surface area contributed by atoms with Crippen LogP contribution in [0.5, 0.6) is 0 Å². The number of carboxylic acids is 1. The number of aromatic nitrogens is 1. The standard InChI is InChI=1S/C13H8BrFN2O3/c14-7-1-2-11(10(15)5-7)17-12(18)8-3-4-16-6-9(8)13(19)20/h1-6H,(H,17,18)(H,19,20). The van der Waals surface area contributed by atoms with Crippen molar-refractivity contribution in [2.24, 2.45) is 0 Å². The molecule has 0 aliphatic rings. The van der Waals surface area contributed by atoms with Gasteiger partial charge in [-0.25, -0.2) is 9.18 Å². The van der Waals surface area contributed by atoms with E-state index >= 15 is 0 Å². The molecule has 2 aromatic rings. The van der Waals surface area contributed by atoms with E-state index in [1.807, 2.05) is 0 Å². The van der Waals surface area contributed by atoms with Crippen molar-refractivity contribution in [1.29, 1.82) is 0 Å². The van der Waals surface area contributed by atoms with Crippen LogP contribution in [0.3, 0.4) is 0 Å². The van der Waals surface area contributed by atoms with E-state index in [9.17, 15) is 14.0 Å². The molecule has 1 heterocycles. The second-order valence-corrected chi connectivity index (χ2v) is 4.72. The van der Waals surface area contributed by atoms with Gasteiger partial charge in [0.1, 0.15) is 5.82 Å². The third-order valence-electron chi connectivity index (χ3n) is 2.48. The number of pyridine rings is 1. The molecule has 0 spiro atoms. The average molecular weight is 339 g/mol. The first kappa shape index (κ1) is 14.1. The average Bonchev–Trinajstić information content (AvgIpc) is 2.41. The summed E-state index contributed by atoms with van der Waals surface area (Å²) in [5, 5.41) is 11.3. The highest BCUT2D eigenvalue weighted by molar-refractivity contribution is 9.10. The normalized spacial score (nSPS) is 10.1. The van der Waals surface area contributed by atoms with Crippen molar-refractivity contribution in [3.8, 4) is 0 Å². The van der Waals surface area contributed by atoms with Crippen LogP contribution >= 0.6 is 15.9 Å². The van der Waals surface area contributed by atoms with E-state index in [1.54, 1.807) is 6.07 Å². The van der Waals surface area contributed by atoms with Crippen molar-refractivity contribution >= 4 is 33.5 Å². The van der Waals surface area contributed by atoms with Gasteiger partial charge in [-0.2, -0.15) is 0 Å². The molecule has 2 rings (SSSR count). The van der Waals surface area contributed by atoms with Crippen LogP contribution in [0, 0.1) is 5.82 Å². The fourth-order valence-corrected chi connectivity index (χ4v) is 1.88. The summed E-state index contributed by atoms with van der Waals surface area (Å²) >= 11 is 3.10. The van der Waals surface area contributed by atoms with E-state index in [4.69, 9.17) is 5.11 Å². The van der Waals surface area contributed by atoms with Crippen LogP contribution in [0.15, 0.2) is 41.1 Å². The molecular weight excluding hydrogens is 331 g/mol. The van der Waals surface area contributed by atoms with E-state index < -0.39 is 17.7 Å². The van der Waals surface area contributed by atoms with E-state index in [-0.39, 0.29) is 16.8 Å². The molecule has 7 heteroatoms. The summed E-state index contributed by atoms with van der Waals surface area (Å²) in [5.41, 5.74) is -0.372. The number of carboxylic acid groups (broad SMARTS) is 1. The zero-order chi connectivity index (χ0) is 14.7. The minimum absolute atomic E-state index is 0.0358. The maximum atomic E-state index is 13.6. The maximum Gasteiger partial charge on any atom is 0.338 e. The number of halogens is 2. The molecule has 0 atom stereocenters. The minimum atomic E-state index is -1.28. The first-order valence-corrected chi connectivity index (χ1v) is 6.22. The first-order chi connectivity index (χ1) is 9.49. The monoisotopic (exact) mass is 338 g/mol. The lowest BCUT2D eigenvalue weighted by atomic mass is 10.1. The summed E-state index contributed by atoms with van der Waals surface area (Å²) in [4.78, 5) is 26.6. The minimum Gasteiger partial charge on any atom is -0.478 e. The Morgan fingerprint density at radius 3 is 2.65 bits per heavy atom. The number of aromatic carboxylic acids is 1. The molecule has 0 saturated carbocycles. The summed E-state index contributed by atoms with van der Waals surface area (Å²) in [5.74, 6) is -2.62. The number of rotatable bonds is 3. The number of benzene rings is 1. The molecule has 5 nitrogen and oxygen atoms in total. The quantitative estimate of drug-likeness (QED) is 0.901. The van der Waals surface area contributed by atoms with Crippen molar-refractivity contribution in [3.05, 3.63) is 58.1 Å². The molecule has 1 aromatic carbocycles. The van der Waals surface area contributed by atoms with Crippen molar-refractivity contribution in [2.45, 2.75) is 0 Å². The van der Waals surface area contributed by atoms with Gasteiger partial charge in [0.25, 0.3) is 5.91 Å². The van der Waals surface area contributed by atoms with Gasteiger partial charge in [-0.3, -0.25) is 9.78 Å². The molecule has 0 unspecified atom stereocenters. The zero-order valence-corrected chi connectivity index (χ0v) is 11.5. The van der Waals surface area contributed by atoms with Crippen LogP contribution in [0.2, 0.25) is 0 Å². The summed E-state index contributed by atoms with van der Waals surface area (Å²) in [7, 11) is 0. The Bertz CT molecular complexity index is 691. The van der Waals surface area contributed by atoms with Gasteiger partial charge in [0.05, 0.1) is 16.8 Å². The van der Waals surface area contributed by atoms with E-state index in [1.165, 1.54) is 24.4 Å². The second-order valence-electron chi connectivity index (χ2n) is 3.80. The highest BCUT2D eigenvalue weighted by Crippen LogP contribution is 2.20. The number of carbonyl (C=O) groups excluding carboxylic acids is 1. The zero-order valence-electron chi connectivity index (χ0n) is 9.93. The molecule has 20 heavy (non-hydrogen) atoms. The number of hydrogen-bond donors (Lipinski definition) is 2. The van der Waals surface area contributed by atoms with Crippen molar-refractivity contribution < 1.29 is 19.1 Å². The molecule has 1 aromatic heterocycles. The van der Waals surface area contributed by atoms with Gasteiger partial charge in [0.15, 0.2) is 0 Å². The number of hydrogen-bond acceptors (Lipinski definition) is 3. The molecule has 0 saturated heterocycles. The summed E-state index contributed by atoms with van der Waals surface area (Å²) in [6, 6.07) is 5.39. The predicted molar refractivity (Wildman–Crippen MR) is 73.2 cm³/mol. The van der Waals surface area contributed by atoms with Crippen LogP contribution in [0.1, 0.15) is 20.7 Å². The van der Waals surface area contributed by atoms with Crippen LogP contribution in [0.4, 0.5) is 10.1 Å². The fraction of sp³-hybridized carbons (Fsp3) is 0. The Morgan fingerprint density at radius 1 is 1.25 bits per heavy atom. The number of anilines is 1. The van der Waals surface area contributed by atoms with E-state index in [0.29, 0.717) is 4.47 Å². The number of nitrogens with one attached hydrogen (secondary N) is 1. The van der Waals surface area contributed by atoms with Gasteiger partial charge in [-0.05, 0) is 24.3 Å². The molecule has 0 bridgehead atoms. The van der Waals surface area contributed by atoms with Crippen LogP contribution in [-0.2, 0) is 0 Å². The molecular formula is C13H8BrFN2O3. The Kier molecular flexibility index (Phi) is 4.09. The van der Waals surface area contributed by atoms with Crippen LogP contribution in [0.25, 0.3) is 0 Å². The molecule has 0 aliphatic heterocycles. The van der Waals surface area contributed by atoms with Gasteiger partial charge >= 0.3 is 5.97 Å². The third kappa shape index (κ3) is 3.00. The first-order valence-electron chi connectivity index (χ1n) is 5.42. The van der Waals surface area contributed by atoms with E-state index in [0.717, 1.165) is 6.20 Å². The third-order valence-corrected chi connectivity index (χ3v) is 2.97. The lowest BCUT2D eigenvalue weighted by Gasteiger charge is -2.08.